The summed E-state index contributed by atoms with van der Waals surface area (Å²) in [4.78, 5) is 11.4. The van der Waals surface area contributed by atoms with Crippen molar-refractivity contribution in [2.75, 3.05) is 11.6 Å². The van der Waals surface area contributed by atoms with Gasteiger partial charge in [0.05, 0.1) is 21.7 Å². The number of alkyl halides is 3. The SMILES string of the molecule is CSc1nc(Nc2ccc(C(F)(F)F)cc2Cl)c2c3c(sc2n1)CCCC3. The summed E-state index contributed by atoms with van der Waals surface area (Å²) in [6, 6.07) is 3.29. The Labute approximate surface area is 167 Å². The van der Waals surface area contributed by atoms with Crippen LogP contribution in [0.3, 0.4) is 0 Å². The maximum atomic E-state index is 12.9. The molecule has 1 aliphatic rings. The van der Waals surface area contributed by atoms with E-state index in [-0.39, 0.29) is 5.02 Å². The number of hydrogen-bond acceptors (Lipinski definition) is 5. The molecule has 27 heavy (non-hydrogen) atoms. The van der Waals surface area contributed by atoms with Gasteiger partial charge in [0.2, 0.25) is 0 Å². The Bertz CT molecular complexity index is 1020. The van der Waals surface area contributed by atoms with Gasteiger partial charge in [-0.05, 0) is 55.7 Å². The van der Waals surface area contributed by atoms with Gasteiger partial charge >= 0.3 is 6.18 Å². The quantitative estimate of drug-likeness (QED) is 0.371. The van der Waals surface area contributed by atoms with Gasteiger partial charge in [0.1, 0.15) is 10.6 Å². The summed E-state index contributed by atoms with van der Waals surface area (Å²) in [5.74, 6) is 0.602. The van der Waals surface area contributed by atoms with Crippen LogP contribution >= 0.6 is 34.7 Å². The fourth-order valence-corrected chi connectivity index (χ4v) is 5.15. The van der Waals surface area contributed by atoms with Gasteiger partial charge in [-0.15, -0.1) is 11.3 Å². The van der Waals surface area contributed by atoms with E-state index in [1.165, 1.54) is 28.3 Å². The number of nitrogens with zero attached hydrogens (tertiary/aromatic N) is 2. The molecule has 0 saturated carbocycles. The number of fused-ring (bicyclic) bond motifs is 3. The summed E-state index contributed by atoms with van der Waals surface area (Å²) in [6.45, 7) is 0. The van der Waals surface area contributed by atoms with Gasteiger partial charge in [-0.1, -0.05) is 23.4 Å². The Balaban J connectivity index is 1.80. The van der Waals surface area contributed by atoms with Gasteiger partial charge in [-0.25, -0.2) is 9.97 Å². The zero-order valence-corrected chi connectivity index (χ0v) is 16.7. The van der Waals surface area contributed by atoms with Crippen LogP contribution in [0.2, 0.25) is 5.02 Å². The molecule has 142 valence electrons. The van der Waals surface area contributed by atoms with Crippen molar-refractivity contribution in [2.24, 2.45) is 0 Å². The molecule has 0 atom stereocenters. The molecule has 1 aliphatic carbocycles. The Kier molecular flexibility index (Phi) is 4.98. The molecule has 3 aromatic rings. The summed E-state index contributed by atoms with van der Waals surface area (Å²) in [5, 5.41) is 4.73. The minimum Gasteiger partial charge on any atom is -0.338 e. The summed E-state index contributed by atoms with van der Waals surface area (Å²) < 4.78 is 38.6. The lowest BCUT2D eigenvalue weighted by molar-refractivity contribution is -0.137. The summed E-state index contributed by atoms with van der Waals surface area (Å²) in [7, 11) is 0. The van der Waals surface area contributed by atoms with Crippen molar-refractivity contribution in [2.45, 2.75) is 37.0 Å². The third-order valence-corrected chi connectivity index (χ3v) is 6.57. The van der Waals surface area contributed by atoms with Crippen molar-refractivity contribution in [3.05, 3.63) is 39.2 Å². The first-order chi connectivity index (χ1) is 12.9. The molecule has 4 rings (SSSR count). The van der Waals surface area contributed by atoms with E-state index in [4.69, 9.17) is 11.6 Å². The molecule has 0 aliphatic heterocycles. The molecular weight excluding hydrogens is 415 g/mol. The van der Waals surface area contributed by atoms with Gasteiger partial charge in [-0.2, -0.15) is 13.2 Å². The summed E-state index contributed by atoms with van der Waals surface area (Å²) in [5.41, 5.74) is 0.871. The Morgan fingerprint density at radius 1 is 1.19 bits per heavy atom. The largest absolute Gasteiger partial charge is 0.416 e. The molecule has 0 bridgehead atoms. The molecule has 2 aromatic heterocycles. The zero-order valence-electron chi connectivity index (χ0n) is 14.3. The second kappa shape index (κ2) is 7.14. The monoisotopic (exact) mass is 429 g/mol. The molecule has 0 unspecified atom stereocenters. The highest BCUT2D eigenvalue weighted by Crippen LogP contribution is 2.41. The number of nitrogens with one attached hydrogen (secondary N) is 1. The molecular formula is C18H15ClF3N3S2. The fraction of sp³-hybridized carbons (Fsp3) is 0.333. The van der Waals surface area contributed by atoms with E-state index in [9.17, 15) is 13.2 Å². The van der Waals surface area contributed by atoms with Crippen LogP contribution in [0, 0.1) is 0 Å². The molecule has 1 N–H and O–H groups in total. The first kappa shape index (κ1) is 18.8. The van der Waals surface area contributed by atoms with Crippen molar-refractivity contribution >= 4 is 56.4 Å². The molecule has 1 aromatic carbocycles. The number of hydrogen-bond donors (Lipinski definition) is 1. The molecule has 0 fully saturated rings. The van der Waals surface area contributed by atoms with Gasteiger partial charge in [0.25, 0.3) is 0 Å². The third-order valence-electron chi connectivity index (χ3n) is 4.53. The van der Waals surface area contributed by atoms with Crippen LogP contribution in [0.1, 0.15) is 28.8 Å². The van der Waals surface area contributed by atoms with Gasteiger partial charge < -0.3 is 5.32 Å². The average molecular weight is 430 g/mol. The summed E-state index contributed by atoms with van der Waals surface area (Å²) in [6.07, 6.45) is 1.74. The van der Waals surface area contributed by atoms with Gasteiger partial charge in [0, 0.05) is 4.88 Å². The van der Waals surface area contributed by atoms with Gasteiger partial charge in [0.15, 0.2) is 5.16 Å². The molecule has 0 radical (unpaired) electrons. The maximum Gasteiger partial charge on any atom is 0.416 e. The number of benzene rings is 1. The number of thiophene rings is 1. The molecule has 9 heteroatoms. The van der Waals surface area contributed by atoms with E-state index in [2.05, 4.69) is 15.3 Å². The van der Waals surface area contributed by atoms with Crippen molar-refractivity contribution in [1.82, 2.24) is 9.97 Å². The standard InChI is InChI=1S/C18H15ClF3N3S2/c1-26-17-24-15(14-10-4-2-3-5-13(10)27-16(14)25-17)23-12-7-6-9(8-11(12)19)18(20,21)22/h6-8H,2-5H2,1H3,(H,23,24,25). The number of anilines is 2. The van der Waals surface area contributed by atoms with Crippen LogP contribution in [0.25, 0.3) is 10.2 Å². The van der Waals surface area contributed by atoms with Crippen LogP contribution in [-0.4, -0.2) is 16.2 Å². The Morgan fingerprint density at radius 2 is 1.96 bits per heavy atom. The van der Waals surface area contributed by atoms with Crippen LogP contribution in [0.5, 0.6) is 0 Å². The lowest BCUT2D eigenvalue weighted by Crippen LogP contribution is -2.06. The number of halogens is 4. The lowest BCUT2D eigenvalue weighted by atomic mass is 9.97. The second-order valence-corrected chi connectivity index (χ2v) is 8.53. The maximum absolute atomic E-state index is 12.9. The predicted molar refractivity (Wildman–Crippen MR) is 106 cm³/mol. The van der Waals surface area contributed by atoms with Crippen LogP contribution < -0.4 is 5.32 Å². The highest BCUT2D eigenvalue weighted by atomic mass is 35.5. The number of aryl methyl sites for hydroxylation is 2. The first-order valence-corrected chi connectivity index (χ1v) is 10.8. The first-order valence-electron chi connectivity index (χ1n) is 8.37. The van der Waals surface area contributed by atoms with E-state index in [0.29, 0.717) is 16.7 Å². The number of aromatic nitrogens is 2. The van der Waals surface area contributed by atoms with Crippen LogP contribution in [-0.2, 0) is 19.0 Å². The topological polar surface area (TPSA) is 37.8 Å². The van der Waals surface area contributed by atoms with E-state index in [1.54, 1.807) is 11.3 Å². The fourth-order valence-electron chi connectivity index (χ4n) is 3.24. The minimum absolute atomic E-state index is 0.00591. The van der Waals surface area contributed by atoms with Gasteiger partial charge in [-0.3, -0.25) is 0 Å². The van der Waals surface area contributed by atoms with Crippen molar-refractivity contribution < 1.29 is 13.2 Å². The van der Waals surface area contributed by atoms with Crippen molar-refractivity contribution in [3.8, 4) is 0 Å². The second-order valence-electron chi connectivity index (χ2n) is 6.27. The van der Waals surface area contributed by atoms with E-state index in [0.717, 1.165) is 48.0 Å². The smallest absolute Gasteiger partial charge is 0.338 e. The number of rotatable bonds is 3. The Hall–Kier alpha value is -1.51. The average Bonchev–Trinajstić information content (AvgIpc) is 3.01. The third kappa shape index (κ3) is 3.62. The molecule has 2 heterocycles. The van der Waals surface area contributed by atoms with Crippen LogP contribution in [0.15, 0.2) is 23.4 Å². The normalized spacial score (nSPS) is 14.4. The van der Waals surface area contributed by atoms with E-state index in [1.807, 2.05) is 6.26 Å². The van der Waals surface area contributed by atoms with E-state index < -0.39 is 11.7 Å². The Morgan fingerprint density at radius 3 is 2.67 bits per heavy atom. The predicted octanol–water partition coefficient (Wildman–Crippen LogP) is 6.71. The lowest BCUT2D eigenvalue weighted by Gasteiger charge is -2.14. The molecule has 0 spiro atoms. The highest BCUT2D eigenvalue weighted by molar-refractivity contribution is 7.98. The minimum atomic E-state index is -4.43. The molecule has 0 amide bonds. The molecule has 0 saturated heterocycles. The van der Waals surface area contributed by atoms with Crippen molar-refractivity contribution in [3.63, 3.8) is 0 Å². The highest BCUT2D eigenvalue weighted by Gasteiger charge is 2.31. The van der Waals surface area contributed by atoms with E-state index >= 15 is 0 Å². The summed E-state index contributed by atoms with van der Waals surface area (Å²) >= 11 is 9.22. The van der Waals surface area contributed by atoms with Crippen LogP contribution in [0.4, 0.5) is 24.7 Å². The number of thioether (sulfide) groups is 1. The zero-order chi connectivity index (χ0) is 19.2. The van der Waals surface area contributed by atoms with Crippen molar-refractivity contribution in [1.29, 1.82) is 0 Å². The molecule has 3 nitrogen and oxygen atoms in total.